The molecule has 0 aliphatic heterocycles. The molecule has 100 valence electrons. The summed E-state index contributed by atoms with van der Waals surface area (Å²) >= 11 is 0. The fourth-order valence-corrected chi connectivity index (χ4v) is 1.47. The molecule has 0 bridgehead atoms. The number of hydrogen-bond donors (Lipinski definition) is 1. The number of alkyl halides is 3. The molecule has 18 heavy (non-hydrogen) atoms. The Labute approximate surface area is 102 Å². The second-order valence-electron chi connectivity index (χ2n) is 3.74. The molecule has 0 atom stereocenters. The Bertz CT molecular complexity index is 446. The van der Waals surface area contributed by atoms with Crippen molar-refractivity contribution in [1.82, 2.24) is 0 Å². The molecular weight excluding hydrogens is 249 g/mol. The van der Waals surface area contributed by atoms with Gasteiger partial charge in [0.1, 0.15) is 6.54 Å². The van der Waals surface area contributed by atoms with Gasteiger partial charge in [-0.3, -0.25) is 0 Å². The van der Waals surface area contributed by atoms with E-state index < -0.39 is 18.7 Å². The molecule has 0 fully saturated rings. The molecule has 0 radical (unpaired) electrons. The number of nitrogens with two attached hydrogens (primary N) is 1. The van der Waals surface area contributed by atoms with E-state index in [0.29, 0.717) is 0 Å². The number of hydrogen-bond acceptors (Lipinski definition) is 4. The minimum Gasteiger partial charge on any atom is -0.465 e. The summed E-state index contributed by atoms with van der Waals surface area (Å²) in [6, 6.07) is 4.04. The molecule has 0 aromatic heterocycles. The quantitative estimate of drug-likeness (QED) is 0.669. The summed E-state index contributed by atoms with van der Waals surface area (Å²) in [5, 5.41) is 0. The largest absolute Gasteiger partial charge is 0.465 e. The van der Waals surface area contributed by atoms with Crippen molar-refractivity contribution < 1.29 is 22.7 Å². The van der Waals surface area contributed by atoms with Crippen LogP contribution in [0, 0.1) is 0 Å². The van der Waals surface area contributed by atoms with Crippen molar-refractivity contribution in [2.24, 2.45) is 0 Å². The first kappa shape index (κ1) is 14.1. The van der Waals surface area contributed by atoms with Gasteiger partial charge in [-0.2, -0.15) is 13.2 Å². The molecule has 0 unspecified atom stereocenters. The van der Waals surface area contributed by atoms with E-state index >= 15 is 0 Å². The van der Waals surface area contributed by atoms with Gasteiger partial charge >= 0.3 is 12.1 Å². The SMILES string of the molecule is COC(=O)c1ccc(N)c(N(C)CC(F)(F)F)c1. The van der Waals surface area contributed by atoms with Gasteiger partial charge in [-0.05, 0) is 18.2 Å². The Morgan fingerprint density at radius 3 is 2.56 bits per heavy atom. The van der Waals surface area contributed by atoms with Gasteiger partial charge in [-0.1, -0.05) is 0 Å². The molecule has 1 rings (SSSR count). The van der Waals surface area contributed by atoms with E-state index in [0.717, 1.165) is 4.90 Å². The predicted molar refractivity (Wildman–Crippen MR) is 61.5 cm³/mol. The number of rotatable bonds is 3. The number of carbonyl (C=O) groups excluding carboxylic acids is 1. The number of halogens is 3. The van der Waals surface area contributed by atoms with Crippen molar-refractivity contribution in [3.05, 3.63) is 23.8 Å². The molecule has 0 heterocycles. The smallest absolute Gasteiger partial charge is 0.405 e. The van der Waals surface area contributed by atoms with Crippen molar-refractivity contribution >= 4 is 17.3 Å². The molecule has 1 aromatic rings. The highest BCUT2D eigenvalue weighted by Gasteiger charge is 2.30. The van der Waals surface area contributed by atoms with E-state index in [-0.39, 0.29) is 16.9 Å². The van der Waals surface area contributed by atoms with E-state index in [1.807, 2.05) is 0 Å². The van der Waals surface area contributed by atoms with Gasteiger partial charge in [0, 0.05) is 7.05 Å². The zero-order chi connectivity index (χ0) is 13.9. The maximum absolute atomic E-state index is 12.3. The molecule has 4 nitrogen and oxygen atoms in total. The standard InChI is InChI=1S/C11H13F3N2O2/c1-16(6-11(12,13)14)9-5-7(10(17)18-2)3-4-8(9)15/h3-5H,6,15H2,1-2H3. The Hall–Kier alpha value is -1.92. The first-order chi connectivity index (χ1) is 8.24. The predicted octanol–water partition coefficient (Wildman–Crippen LogP) is 2.05. The number of carbonyl (C=O) groups is 1. The van der Waals surface area contributed by atoms with Crippen LogP contribution in [0.5, 0.6) is 0 Å². The van der Waals surface area contributed by atoms with Gasteiger partial charge in [0.05, 0.1) is 24.0 Å². The Kier molecular flexibility index (Phi) is 4.05. The van der Waals surface area contributed by atoms with E-state index in [1.165, 1.54) is 32.4 Å². The van der Waals surface area contributed by atoms with Crippen LogP contribution in [0.3, 0.4) is 0 Å². The van der Waals surface area contributed by atoms with Crippen LogP contribution < -0.4 is 10.6 Å². The highest BCUT2D eigenvalue weighted by atomic mass is 19.4. The summed E-state index contributed by atoms with van der Waals surface area (Å²) in [7, 11) is 2.44. The lowest BCUT2D eigenvalue weighted by molar-refractivity contribution is -0.119. The minimum absolute atomic E-state index is 0.134. The summed E-state index contributed by atoms with van der Waals surface area (Å²) in [4.78, 5) is 12.2. The molecule has 0 aliphatic carbocycles. The zero-order valence-electron chi connectivity index (χ0n) is 9.91. The summed E-state index contributed by atoms with van der Waals surface area (Å²) in [5.41, 5.74) is 6.03. The molecule has 2 N–H and O–H groups in total. The number of nitrogen functional groups attached to an aromatic ring is 1. The van der Waals surface area contributed by atoms with Crippen molar-refractivity contribution in [2.45, 2.75) is 6.18 Å². The maximum Gasteiger partial charge on any atom is 0.405 e. The average Bonchev–Trinajstić information content (AvgIpc) is 2.26. The molecular formula is C11H13F3N2O2. The lowest BCUT2D eigenvalue weighted by atomic mass is 10.1. The van der Waals surface area contributed by atoms with E-state index in [2.05, 4.69) is 4.74 Å². The number of ether oxygens (including phenoxy) is 1. The van der Waals surface area contributed by atoms with Crippen LogP contribution in [-0.2, 0) is 4.74 Å². The highest BCUT2D eigenvalue weighted by molar-refractivity contribution is 5.92. The second kappa shape index (κ2) is 5.16. The van der Waals surface area contributed by atoms with Crippen molar-refractivity contribution in [3.8, 4) is 0 Å². The zero-order valence-corrected chi connectivity index (χ0v) is 9.91. The Balaban J connectivity index is 3.04. The number of anilines is 2. The van der Waals surface area contributed by atoms with Crippen LogP contribution in [0.2, 0.25) is 0 Å². The van der Waals surface area contributed by atoms with Crippen LogP contribution >= 0.6 is 0 Å². The van der Waals surface area contributed by atoms with Gasteiger partial charge in [0.2, 0.25) is 0 Å². The van der Waals surface area contributed by atoms with E-state index in [4.69, 9.17) is 5.73 Å². The number of esters is 1. The van der Waals surface area contributed by atoms with Crippen molar-refractivity contribution in [1.29, 1.82) is 0 Å². The molecule has 0 aliphatic rings. The first-order valence-corrected chi connectivity index (χ1v) is 5.00. The summed E-state index contributed by atoms with van der Waals surface area (Å²) in [5.74, 6) is -0.628. The monoisotopic (exact) mass is 262 g/mol. The number of nitrogens with zero attached hydrogens (tertiary/aromatic N) is 1. The highest BCUT2D eigenvalue weighted by Crippen LogP contribution is 2.27. The van der Waals surface area contributed by atoms with Crippen molar-refractivity contribution in [2.75, 3.05) is 31.3 Å². The number of benzene rings is 1. The summed E-state index contributed by atoms with van der Waals surface area (Å²) < 4.78 is 41.3. The van der Waals surface area contributed by atoms with Gasteiger partial charge in [0.15, 0.2) is 0 Å². The van der Waals surface area contributed by atoms with Gasteiger partial charge in [0.25, 0.3) is 0 Å². The third-order valence-corrected chi connectivity index (χ3v) is 2.28. The minimum atomic E-state index is -4.34. The van der Waals surface area contributed by atoms with Crippen LogP contribution in [-0.4, -0.2) is 32.8 Å². The van der Waals surface area contributed by atoms with Crippen LogP contribution in [0.4, 0.5) is 24.5 Å². The normalized spacial score (nSPS) is 11.2. The second-order valence-corrected chi connectivity index (χ2v) is 3.74. The molecule has 0 amide bonds. The summed E-state index contributed by atoms with van der Waals surface area (Å²) in [6.07, 6.45) is -4.34. The average molecular weight is 262 g/mol. The van der Waals surface area contributed by atoms with Crippen LogP contribution in [0.15, 0.2) is 18.2 Å². The fraction of sp³-hybridized carbons (Fsp3) is 0.364. The van der Waals surface area contributed by atoms with E-state index in [1.54, 1.807) is 0 Å². The Morgan fingerprint density at radius 2 is 2.06 bits per heavy atom. The molecule has 0 spiro atoms. The fourth-order valence-electron chi connectivity index (χ4n) is 1.47. The van der Waals surface area contributed by atoms with E-state index in [9.17, 15) is 18.0 Å². The molecule has 7 heteroatoms. The van der Waals surface area contributed by atoms with Crippen LogP contribution in [0.1, 0.15) is 10.4 Å². The lowest BCUT2D eigenvalue weighted by Crippen LogP contribution is -2.31. The third kappa shape index (κ3) is 3.54. The molecule has 1 aromatic carbocycles. The van der Waals surface area contributed by atoms with Gasteiger partial charge in [-0.25, -0.2) is 4.79 Å². The molecule has 0 saturated carbocycles. The topological polar surface area (TPSA) is 55.6 Å². The Morgan fingerprint density at radius 1 is 1.44 bits per heavy atom. The lowest BCUT2D eigenvalue weighted by Gasteiger charge is -2.22. The maximum atomic E-state index is 12.3. The number of methoxy groups -OCH3 is 1. The third-order valence-electron chi connectivity index (χ3n) is 2.28. The first-order valence-electron chi connectivity index (χ1n) is 5.00. The molecule has 0 saturated heterocycles. The van der Waals surface area contributed by atoms with Crippen molar-refractivity contribution in [3.63, 3.8) is 0 Å². The van der Waals surface area contributed by atoms with Gasteiger partial charge in [-0.15, -0.1) is 0 Å². The van der Waals surface area contributed by atoms with Crippen LogP contribution in [0.25, 0.3) is 0 Å². The summed E-state index contributed by atoms with van der Waals surface area (Å²) in [6.45, 7) is -1.15. The van der Waals surface area contributed by atoms with Gasteiger partial charge < -0.3 is 15.4 Å².